The first kappa shape index (κ1) is 7.53. The average molecular weight is 136 g/mol. The molecular formula is C4H12OSSi. The molecule has 0 saturated carbocycles. The molecule has 0 aliphatic carbocycles. The van der Waals surface area contributed by atoms with Gasteiger partial charge in [0.15, 0.2) is 8.32 Å². The summed E-state index contributed by atoms with van der Waals surface area (Å²) >= 11 is 4.12. The molecule has 0 bridgehead atoms. The second kappa shape index (κ2) is 2.74. The Morgan fingerprint density at radius 3 is 2.00 bits per heavy atom. The highest BCUT2D eigenvalue weighted by Gasteiger charge is 2.16. The molecule has 0 aromatic heterocycles. The van der Waals surface area contributed by atoms with Gasteiger partial charge in [0, 0.05) is 12.5 Å². The van der Waals surface area contributed by atoms with Crippen molar-refractivity contribution in [2.75, 3.05) is 12.5 Å². The fourth-order valence-corrected chi connectivity index (χ4v) is 0.581. The molecule has 0 aromatic carbocycles. The van der Waals surface area contributed by atoms with Crippen LogP contribution in [-0.4, -0.2) is 20.8 Å². The van der Waals surface area contributed by atoms with Gasteiger partial charge < -0.3 is 4.43 Å². The van der Waals surface area contributed by atoms with Gasteiger partial charge in [-0.2, -0.15) is 12.6 Å². The van der Waals surface area contributed by atoms with Crippen LogP contribution in [0.2, 0.25) is 13.1 Å². The topological polar surface area (TPSA) is 9.23 Å². The zero-order chi connectivity index (χ0) is 5.91. The summed E-state index contributed by atoms with van der Waals surface area (Å²) < 4.78 is 5.15. The third-order valence-corrected chi connectivity index (χ3v) is 5.08. The van der Waals surface area contributed by atoms with Gasteiger partial charge in [-0.15, -0.1) is 0 Å². The average Bonchev–Trinajstić information content (AvgIpc) is 1.68. The summed E-state index contributed by atoms with van der Waals surface area (Å²) in [5.74, 6) is 0. The Morgan fingerprint density at radius 1 is 1.57 bits per heavy atom. The zero-order valence-corrected chi connectivity index (χ0v) is 6.96. The Bertz CT molecular complexity index is 49.7. The van der Waals surface area contributed by atoms with Crippen LogP contribution >= 0.6 is 12.6 Å². The quantitative estimate of drug-likeness (QED) is 0.445. The van der Waals surface area contributed by atoms with E-state index in [1.165, 1.54) is 0 Å². The monoisotopic (exact) mass is 136 g/mol. The van der Waals surface area contributed by atoms with Crippen molar-refractivity contribution in [2.45, 2.75) is 13.1 Å². The van der Waals surface area contributed by atoms with Crippen LogP contribution in [0.25, 0.3) is 0 Å². The Kier molecular flexibility index (Phi) is 2.95. The van der Waals surface area contributed by atoms with Crippen LogP contribution in [0.4, 0.5) is 0 Å². The fraction of sp³-hybridized carbons (Fsp3) is 1.00. The normalized spacial score (nSPS) is 12.0. The van der Waals surface area contributed by atoms with E-state index in [1.54, 1.807) is 7.11 Å². The van der Waals surface area contributed by atoms with Gasteiger partial charge in [-0.25, -0.2) is 0 Å². The molecule has 3 heteroatoms. The molecule has 44 valence electrons. The fourth-order valence-electron chi connectivity index (χ4n) is 0.0645. The third-order valence-electron chi connectivity index (χ3n) is 0.933. The van der Waals surface area contributed by atoms with Crippen LogP contribution in [0.15, 0.2) is 0 Å². The Hall–Kier alpha value is 0.527. The smallest absolute Gasteiger partial charge is 0.195 e. The summed E-state index contributed by atoms with van der Waals surface area (Å²) in [5.41, 5.74) is 0. The van der Waals surface area contributed by atoms with Crippen LogP contribution in [0.1, 0.15) is 0 Å². The molecule has 0 N–H and O–H groups in total. The molecule has 0 radical (unpaired) electrons. The maximum atomic E-state index is 5.15. The molecule has 0 atom stereocenters. The molecule has 0 heterocycles. The second-order valence-electron chi connectivity index (χ2n) is 2.12. The summed E-state index contributed by atoms with van der Waals surface area (Å²) in [7, 11) is 0.465. The first-order valence-electron chi connectivity index (χ1n) is 2.28. The van der Waals surface area contributed by atoms with Crippen LogP contribution in [0.3, 0.4) is 0 Å². The van der Waals surface area contributed by atoms with Gasteiger partial charge in [0.1, 0.15) is 0 Å². The lowest BCUT2D eigenvalue weighted by molar-refractivity contribution is 0.410. The van der Waals surface area contributed by atoms with E-state index in [2.05, 4.69) is 25.7 Å². The van der Waals surface area contributed by atoms with E-state index in [0.29, 0.717) is 0 Å². The van der Waals surface area contributed by atoms with E-state index < -0.39 is 8.32 Å². The van der Waals surface area contributed by atoms with Crippen LogP contribution in [0.5, 0.6) is 0 Å². The minimum Gasteiger partial charge on any atom is -0.420 e. The molecule has 0 aliphatic heterocycles. The number of rotatable bonds is 2. The van der Waals surface area contributed by atoms with Gasteiger partial charge in [0.2, 0.25) is 0 Å². The minimum atomic E-state index is -1.29. The molecule has 7 heavy (non-hydrogen) atoms. The van der Waals surface area contributed by atoms with E-state index in [0.717, 1.165) is 5.38 Å². The molecule has 0 rings (SSSR count). The van der Waals surface area contributed by atoms with Gasteiger partial charge in [-0.1, -0.05) is 0 Å². The van der Waals surface area contributed by atoms with Crippen molar-refractivity contribution in [1.82, 2.24) is 0 Å². The lowest BCUT2D eigenvalue weighted by atomic mass is 11.8. The van der Waals surface area contributed by atoms with Crippen molar-refractivity contribution in [2.24, 2.45) is 0 Å². The standard InChI is InChI=1S/C4H12OSSi/c1-5-7(2,3)4-6/h6H,4H2,1-3H3. The number of thiol groups is 1. The van der Waals surface area contributed by atoms with E-state index in [9.17, 15) is 0 Å². The Labute approximate surface area is 51.6 Å². The van der Waals surface area contributed by atoms with E-state index >= 15 is 0 Å². The van der Waals surface area contributed by atoms with E-state index in [-0.39, 0.29) is 0 Å². The SMILES string of the molecule is CO[Si](C)(C)CS. The van der Waals surface area contributed by atoms with Gasteiger partial charge in [0.25, 0.3) is 0 Å². The number of hydrogen-bond acceptors (Lipinski definition) is 2. The first-order valence-corrected chi connectivity index (χ1v) is 6.03. The first-order chi connectivity index (χ1) is 3.12. The molecule has 0 saturated heterocycles. The summed E-state index contributed by atoms with van der Waals surface area (Å²) in [5, 5.41) is 0.906. The predicted molar refractivity (Wildman–Crippen MR) is 38.3 cm³/mol. The van der Waals surface area contributed by atoms with Crippen molar-refractivity contribution in [3.63, 3.8) is 0 Å². The van der Waals surface area contributed by atoms with Crippen LogP contribution in [0, 0.1) is 0 Å². The van der Waals surface area contributed by atoms with Crippen LogP contribution < -0.4 is 0 Å². The lowest BCUT2D eigenvalue weighted by Crippen LogP contribution is -2.31. The second-order valence-corrected chi connectivity index (χ2v) is 7.31. The maximum Gasteiger partial charge on any atom is 0.195 e. The Balaban J connectivity index is 3.36. The molecular weight excluding hydrogens is 124 g/mol. The molecule has 0 aliphatic rings. The van der Waals surface area contributed by atoms with Crippen molar-refractivity contribution < 1.29 is 4.43 Å². The summed E-state index contributed by atoms with van der Waals surface area (Å²) in [6, 6.07) is 0. The van der Waals surface area contributed by atoms with Crippen LogP contribution in [-0.2, 0) is 4.43 Å². The van der Waals surface area contributed by atoms with Gasteiger partial charge in [0.05, 0.1) is 0 Å². The molecule has 0 aromatic rings. The molecule has 0 spiro atoms. The molecule has 1 nitrogen and oxygen atoms in total. The Morgan fingerprint density at radius 2 is 2.00 bits per heavy atom. The van der Waals surface area contributed by atoms with Crippen molar-refractivity contribution in [3.05, 3.63) is 0 Å². The summed E-state index contributed by atoms with van der Waals surface area (Å²) in [4.78, 5) is 0. The summed E-state index contributed by atoms with van der Waals surface area (Å²) in [6.07, 6.45) is 0. The van der Waals surface area contributed by atoms with Gasteiger partial charge in [-0.05, 0) is 13.1 Å². The minimum absolute atomic E-state index is 0.906. The largest absolute Gasteiger partial charge is 0.420 e. The molecule has 0 fully saturated rings. The highest BCUT2D eigenvalue weighted by Crippen LogP contribution is 2.02. The lowest BCUT2D eigenvalue weighted by Gasteiger charge is -2.15. The number of hydrogen-bond donors (Lipinski definition) is 1. The van der Waals surface area contributed by atoms with Gasteiger partial charge >= 0.3 is 0 Å². The zero-order valence-electron chi connectivity index (χ0n) is 5.06. The maximum absolute atomic E-state index is 5.15. The van der Waals surface area contributed by atoms with E-state index in [4.69, 9.17) is 4.43 Å². The van der Waals surface area contributed by atoms with Crippen molar-refractivity contribution in [3.8, 4) is 0 Å². The highest BCUT2D eigenvalue weighted by atomic mass is 32.1. The molecule has 0 amide bonds. The predicted octanol–water partition coefficient (Wildman–Crippen LogP) is 1.31. The van der Waals surface area contributed by atoms with Crippen molar-refractivity contribution >= 4 is 20.9 Å². The highest BCUT2D eigenvalue weighted by molar-refractivity contribution is 7.82. The third kappa shape index (κ3) is 3.14. The van der Waals surface area contributed by atoms with Gasteiger partial charge in [-0.3, -0.25) is 0 Å². The van der Waals surface area contributed by atoms with E-state index in [1.807, 2.05) is 0 Å². The summed E-state index contributed by atoms with van der Waals surface area (Å²) in [6.45, 7) is 4.28. The molecule has 0 unspecified atom stereocenters. The van der Waals surface area contributed by atoms with Crippen molar-refractivity contribution in [1.29, 1.82) is 0 Å².